The fourth-order valence-electron chi connectivity index (χ4n) is 2.91. The van der Waals surface area contributed by atoms with Crippen molar-refractivity contribution in [2.45, 2.75) is 109 Å². The molecule has 0 rings (SSSR count). The van der Waals surface area contributed by atoms with Crippen LogP contribution in [0.3, 0.4) is 0 Å². The van der Waals surface area contributed by atoms with Crippen LogP contribution in [0.4, 0.5) is 0 Å². The van der Waals surface area contributed by atoms with Crippen molar-refractivity contribution in [1.82, 2.24) is 0 Å². The lowest BCUT2D eigenvalue weighted by molar-refractivity contribution is -0.140. The molecule has 0 fully saturated rings. The summed E-state index contributed by atoms with van der Waals surface area (Å²) in [6.07, 6.45) is 24.0. The van der Waals surface area contributed by atoms with E-state index in [1.54, 1.807) is 6.08 Å². The van der Waals surface area contributed by atoms with Crippen molar-refractivity contribution in [2.24, 2.45) is 5.73 Å². The molecule has 0 saturated carbocycles. The van der Waals surface area contributed by atoms with Gasteiger partial charge in [-0.05, 0) is 12.8 Å². The molecule has 0 bridgehead atoms. The minimum absolute atomic E-state index is 0.368. The molecule has 0 spiro atoms. The molecule has 3 heteroatoms. The van der Waals surface area contributed by atoms with Gasteiger partial charge >= 0.3 is 5.97 Å². The second-order valence-electron chi connectivity index (χ2n) is 6.86. The van der Waals surface area contributed by atoms with E-state index >= 15 is 0 Å². The molecule has 24 heavy (non-hydrogen) atoms. The molecule has 0 aliphatic rings. The third-order valence-electron chi connectivity index (χ3n) is 4.54. The number of hydrogen-bond donors (Lipinski definition) is 1. The number of nitrogens with two attached hydrogens (primary N) is 1. The normalized spacial score (nSPS) is 12.6. The Bertz CT molecular complexity index is 302. The van der Waals surface area contributed by atoms with Gasteiger partial charge in [-0.1, -0.05) is 103 Å². The highest BCUT2D eigenvalue weighted by atomic mass is 16.5. The van der Waals surface area contributed by atoms with Crippen LogP contribution in [0, 0.1) is 0 Å². The van der Waals surface area contributed by atoms with E-state index in [4.69, 9.17) is 5.73 Å². The van der Waals surface area contributed by atoms with Crippen molar-refractivity contribution < 1.29 is 9.53 Å². The molecule has 3 nitrogen and oxygen atoms in total. The number of hydrogen-bond acceptors (Lipinski definition) is 3. The van der Waals surface area contributed by atoms with Gasteiger partial charge < -0.3 is 10.5 Å². The van der Waals surface area contributed by atoms with Gasteiger partial charge in [0.1, 0.15) is 6.04 Å². The number of unbranched alkanes of at least 4 members (excludes halogenated alkanes) is 14. The monoisotopic (exact) mass is 339 g/mol. The van der Waals surface area contributed by atoms with E-state index in [1.165, 1.54) is 97.0 Å². The van der Waals surface area contributed by atoms with E-state index in [9.17, 15) is 4.79 Å². The Kier molecular flexibility index (Phi) is 17.9. The fourth-order valence-corrected chi connectivity index (χ4v) is 2.91. The zero-order chi connectivity index (χ0) is 17.9. The van der Waals surface area contributed by atoms with Crippen molar-refractivity contribution >= 4 is 5.97 Å². The van der Waals surface area contributed by atoms with Gasteiger partial charge in [-0.15, -0.1) is 0 Å². The largest absolute Gasteiger partial charge is 0.468 e. The van der Waals surface area contributed by atoms with Crippen LogP contribution in [0.1, 0.15) is 103 Å². The lowest BCUT2D eigenvalue weighted by atomic mass is 10.0. The second kappa shape index (κ2) is 18.5. The van der Waals surface area contributed by atoms with Crippen LogP contribution in [0.25, 0.3) is 0 Å². The molecule has 0 amide bonds. The van der Waals surface area contributed by atoms with Gasteiger partial charge in [0.2, 0.25) is 0 Å². The van der Waals surface area contributed by atoms with Crippen LogP contribution >= 0.6 is 0 Å². The highest BCUT2D eigenvalue weighted by molar-refractivity contribution is 5.77. The summed E-state index contributed by atoms with van der Waals surface area (Å²) in [5.74, 6) is -0.368. The molecule has 0 saturated heterocycles. The lowest BCUT2D eigenvalue weighted by Crippen LogP contribution is -2.29. The number of ether oxygens (including phenoxy) is 1. The summed E-state index contributed by atoms with van der Waals surface area (Å²) >= 11 is 0. The second-order valence-corrected chi connectivity index (χ2v) is 6.86. The standard InChI is InChI=1S/C21H41NO2/c1-3-4-5-6-7-8-9-10-11-12-13-14-15-16-17-18-19-20(22)21(23)24-2/h18-20H,3-17,22H2,1-2H3/b19-18+. The summed E-state index contributed by atoms with van der Waals surface area (Å²) in [6, 6.07) is -0.610. The Morgan fingerprint density at radius 1 is 0.833 bits per heavy atom. The topological polar surface area (TPSA) is 52.3 Å². The third-order valence-corrected chi connectivity index (χ3v) is 4.54. The van der Waals surface area contributed by atoms with Crippen LogP contribution in [0.5, 0.6) is 0 Å². The molecule has 1 atom stereocenters. The number of rotatable bonds is 17. The first-order chi connectivity index (χ1) is 11.7. The van der Waals surface area contributed by atoms with Crippen molar-refractivity contribution in [3.05, 3.63) is 12.2 Å². The predicted molar refractivity (Wildman–Crippen MR) is 104 cm³/mol. The lowest BCUT2D eigenvalue weighted by Gasteiger charge is -2.03. The van der Waals surface area contributed by atoms with Crippen molar-refractivity contribution in [3.8, 4) is 0 Å². The first kappa shape index (κ1) is 23.2. The quantitative estimate of drug-likeness (QED) is 0.203. The number of esters is 1. The smallest absolute Gasteiger partial charge is 0.326 e. The molecule has 0 aliphatic carbocycles. The molecule has 0 aliphatic heterocycles. The van der Waals surface area contributed by atoms with Crippen LogP contribution in [-0.4, -0.2) is 19.1 Å². The predicted octanol–water partition coefficient (Wildman–Crippen LogP) is 5.91. The van der Waals surface area contributed by atoms with E-state index < -0.39 is 6.04 Å². The number of carbonyl (C=O) groups is 1. The molecule has 0 aromatic heterocycles. The Hall–Kier alpha value is -0.830. The van der Waals surface area contributed by atoms with E-state index in [0.717, 1.165) is 6.42 Å². The van der Waals surface area contributed by atoms with E-state index in [1.807, 2.05) is 6.08 Å². The Morgan fingerprint density at radius 3 is 1.67 bits per heavy atom. The minimum Gasteiger partial charge on any atom is -0.468 e. The average Bonchev–Trinajstić information content (AvgIpc) is 2.60. The molecule has 0 aromatic carbocycles. The maximum Gasteiger partial charge on any atom is 0.326 e. The van der Waals surface area contributed by atoms with Crippen molar-refractivity contribution in [2.75, 3.05) is 7.11 Å². The summed E-state index contributed by atoms with van der Waals surface area (Å²) < 4.78 is 4.58. The minimum atomic E-state index is -0.610. The molecule has 0 aromatic rings. The van der Waals surface area contributed by atoms with Gasteiger partial charge in [-0.2, -0.15) is 0 Å². The molecular weight excluding hydrogens is 298 g/mol. The van der Waals surface area contributed by atoms with Gasteiger partial charge in [0.15, 0.2) is 0 Å². The SMILES string of the molecule is CCCCCCCCCCCCCCCC/C=C/C(N)C(=O)OC. The van der Waals surface area contributed by atoms with Crippen LogP contribution in [0.15, 0.2) is 12.2 Å². The maximum atomic E-state index is 11.1. The summed E-state index contributed by atoms with van der Waals surface area (Å²) in [5, 5.41) is 0. The molecular formula is C21H41NO2. The first-order valence-corrected chi connectivity index (χ1v) is 10.2. The fraction of sp³-hybridized carbons (Fsp3) is 0.857. The number of methoxy groups -OCH3 is 1. The molecule has 0 radical (unpaired) electrons. The Morgan fingerprint density at radius 2 is 1.25 bits per heavy atom. The van der Waals surface area contributed by atoms with E-state index in [0.29, 0.717) is 0 Å². The molecule has 2 N–H and O–H groups in total. The van der Waals surface area contributed by atoms with Gasteiger partial charge in [-0.3, -0.25) is 4.79 Å². The average molecular weight is 340 g/mol. The van der Waals surface area contributed by atoms with Crippen molar-refractivity contribution in [3.63, 3.8) is 0 Å². The van der Waals surface area contributed by atoms with Crippen LogP contribution < -0.4 is 5.73 Å². The molecule has 142 valence electrons. The van der Waals surface area contributed by atoms with Gasteiger partial charge in [0.25, 0.3) is 0 Å². The third kappa shape index (κ3) is 16.0. The summed E-state index contributed by atoms with van der Waals surface area (Å²) in [5.41, 5.74) is 5.63. The number of carbonyl (C=O) groups excluding carboxylic acids is 1. The first-order valence-electron chi connectivity index (χ1n) is 10.2. The van der Waals surface area contributed by atoms with Crippen LogP contribution in [0.2, 0.25) is 0 Å². The van der Waals surface area contributed by atoms with Crippen LogP contribution in [-0.2, 0) is 9.53 Å². The Balaban J connectivity index is 3.18. The zero-order valence-corrected chi connectivity index (χ0v) is 16.2. The summed E-state index contributed by atoms with van der Waals surface area (Å²) in [6.45, 7) is 2.28. The van der Waals surface area contributed by atoms with E-state index in [-0.39, 0.29) is 5.97 Å². The highest BCUT2D eigenvalue weighted by Crippen LogP contribution is 2.13. The molecule has 1 unspecified atom stereocenters. The van der Waals surface area contributed by atoms with Crippen molar-refractivity contribution in [1.29, 1.82) is 0 Å². The van der Waals surface area contributed by atoms with Gasteiger partial charge in [0.05, 0.1) is 7.11 Å². The zero-order valence-electron chi connectivity index (χ0n) is 16.2. The highest BCUT2D eigenvalue weighted by Gasteiger charge is 2.07. The van der Waals surface area contributed by atoms with E-state index in [2.05, 4.69) is 11.7 Å². The van der Waals surface area contributed by atoms with Gasteiger partial charge in [0, 0.05) is 0 Å². The maximum absolute atomic E-state index is 11.1. The Labute approximate surface area is 150 Å². The summed E-state index contributed by atoms with van der Waals surface area (Å²) in [4.78, 5) is 11.1. The summed E-state index contributed by atoms with van der Waals surface area (Å²) in [7, 11) is 1.36. The molecule has 0 heterocycles. The number of allylic oxidation sites excluding steroid dienone is 1. The van der Waals surface area contributed by atoms with Gasteiger partial charge in [-0.25, -0.2) is 0 Å².